The molecule has 1 aromatic carbocycles. The molecule has 0 saturated carbocycles. The van der Waals surface area contributed by atoms with Crippen molar-refractivity contribution in [1.82, 2.24) is 4.90 Å². The lowest BCUT2D eigenvalue weighted by Gasteiger charge is -2.32. The summed E-state index contributed by atoms with van der Waals surface area (Å²) in [6, 6.07) is 7.97. The van der Waals surface area contributed by atoms with Crippen molar-refractivity contribution in [2.75, 3.05) is 32.8 Å². The highest BCUT2D eigenvalue weighted by molar-refractivity contribution is 5.66. The van der Waals surface area contributed by atoms with Gasteiger partial charge in [0.25, 0.3) is 0 Å². The zero-order valence-electron chi connectivity index (χ0n) is 13.2. The maximum Gasteiger partial charge on any atom is 0.304 e. The van der Waals surface area contributed by atoms with Crippen molar-refractivity contribution in [2.45, 2.75) is 32.3 Å². The van der Waals surface area contributed by atoms with Crippen LogP contribution in [-0.2, 0) is 9.53 Å². The molecule has 0 spiro atoms. The number of carboxylic acids is 1. The number of rotatable bonds is 8. The van der Waals surface area contributed by atoms with Gasteiger partial charge in [-0.25, -0.2) is 0 Å². The van der Waals surface area contributed by atoms with Gasteiger partial charge in [0, 0.05) is 13.1 Å². The third-order valence-corrected chi connectivity index (χ3v) is 3.83. The predicted molar refractivity (Wildman–Crippen MR) is 84.3 cm³/mol. The van der Waals surface area contributed by atoms with Gasteiger partial charge in [0.1, 0.15) is 12.4 Å². The number of nitrogens with zero attached hydrogens (tertiary/aromatic N) is 1. The molecule has 1 aliphatic heterocycles. The monoisotopic (exact) mass is 307 g/mol. The average molecular weight is 307 g/mol. The van der Waals surface area contributed by atoms with Crippen molar-refractivity contribution >= 4 is 5.97 Å². The van der Waals surface area contributed by atoms with E-state index < -0.39 is 5.97 Å². The maximum atomic E-state index is 10.6. The zero-order chi connectivity index (χ0) is 15.8. The molecule has 0 aromatic heterocycles. The zero-order valence-corrected chi connectivity index (χ0v) is 13.2. The Labute approximate surface area is 131 Å². The van der Waals surface area contributed by atoms with Crippen molar-refractivity contribution in [3.63, 3.8) is 0 Å². The molecule has 22 heavy (non-hydrogen) atoms. The molecule has 0 bridgehead atoms. The van der Waals surface area contributed by atoms with Crippen LogP contribution < -0.4 is 4.74 Å². The van der Waals surface area contributed by atoms with E-state index in [2.05, 4.69) is 4.90 Å². The molecule has 1 heterocycles. The van der Waals surface area contributed by atoms with Crippen molar-refractivity contribution < 1.29 is 19.4 Å². The number of hydrogen-bond acceptors (Lipinski definition) is 4. The highest BCUT2D eigenvalue weighted by Gasteiger charge is 2.20. The van der Waals surface area contributed by atoms with E-state index in [4.69, 9.17) is 14.6 Å². The number of aliphatic carboxylic acids is 1. The van der Waals surface area contributed by atoms with E-state index in [1.807, 2.05) is 31.2 Å². The second-order valence-corrected chi connectivity index (χ2v) is 5.74. The number of piperidine rings is 1. The molecule has 122 valence electrons. The maximum absolute atomic E-state index is 10.6. The minimum atomic E-state index is -0.741. The standard InChI is InChI=1S/C17H25NO4/c1-14-4-6-15(7-5-14)21-11-12-22-16-3-2-9-18(13-16)10-8-17(19)20/h4-7,16H,2-3,8-13H2,1H3,(H,19,20). The lowest BCUT2D eigenvalue weighted by molar-refractivity contribution is -0.137. The van der Waals surface area contributed by atoms with Crippen LogP contribution in [0.5, 0.6) is 5.75 Å². The molecule has 1 atom stereocenters. The molecular formula is C17H25NO4. The quantitative estimate of drug-likeness (QED) is 0.747. The number of hydrogen-bond donors (Lipinski definition) is 1. The summed E-state index contributed by atoms with van der Waals surface area (Å²) in [4.78, 5) is 12.8. The number of likely N-dealkylation sites (tertiary alicyclic amines) is 1. The summed E-state index contributed by atoms with van der Waals surface area (Å²) < 4.78 is 11.5. The first kappa shape index (κ1) is 16.8. The van der Waals surface area contributed by atoms with Crippen LogP contribution >= 0.6 is 0 Å². The van der Waals surface area contributed by atoms with Gasteiger partial charge in [-0.3, -0.25) is 4.79 Å². The van der Waals surface area contributed by atoms with Crippen LogP contribution in [0.1, 0.15) is 24.8 Å². The summed E-state index contributed by atoms with van der Waals surface area (Å²) in [5, 5.41) is 8.73. The van der Waals surface area contributed by atoms with Gasteiger partial charge >= 0.3 is 5.97 Å². The summed E-state index contributed by atoms with van der Waals surface area (Å²) >= 11 is 0. The van der Waals surface area contributed by atoms with Gasteiger partial charge in [-0.2, -0.15) is 0 Å². The molecule has 1 fully saturated rings. The molecule has 1 aliphatic rings. The third kappa shape index (κ3) is 6.03. The molecular weight excluding hydrogens is 282 g/mol. The lowest BCUT2D eigenvalue weighted by atomic mass is 10.1. The molecule has 0 amide bonds. The van der Waals surface area contributed by atoms with Gasteiger partial charge in [-0.1, -0.05) is 17.7 Å². The fourth-order valence-corrected chi connectivity index (χ4v) is 2.61. The summed E-state index contributed by atoms with van der Waals surface area (Å²) in [6.45, 7) is 5.53. The minimum absolute atomic E-state index is 0.184. The van der Waals surface area contributed by atoms with Crippen molar-refractivity contribution in [3.05, 3.63) is 29.8 Å². The Morgan fingerprint density at radius 1 is 1.32 bits per heavy atom. The average Bonchev–Trinajstić information content (AvgIpc) is 2.52. The normalized spacial score (nSPS) is 19.0. The third-order valence-electron chi connectivity index (χ3n) is 3.83. The topological polar surface area (TPSA) is 59.0 Å². The van der Waals surface area contributed by atoms with Crippen LogP contribution in [0.3, 0.4) is 0 Å². The highest BCUT2D eigenvalue weighted by atomic mass is 16.5. The van der Waals surface area contributed by atoms with Crippen LogP contribution in [0.2, 0.25) is 0 Å². The summed E-state index contributed by atoms with van der Waals surface area (Å²) in [6.07, 6.45) is 2.48. The number of ether oxygens (including phenoxy) is 2. The molecule has 1 unspecified atom stereocenters. The number of aryl methyl sites for hydroxylation is 1. The SMILES string of the molecule is Cc1ccc(OCCOC2CCCN(CCC(=O)O)C2)cc1. The van der Waals surface area contributed by atoms with Gasteiger partial charge in [0.05, 0.1) is 19.1 Å². The highest BCUT2D eigenvalue weighted by Crippen LogP contribution is 2.14. The second-order valence-electron chi connectivity index (χ2n) is 5.74. The molecule has 0 radical (unpaired) electrons. The lowest BCUT2D eigenvalue weighted by Crippen LogP contribution is -2.41. The van der Waals surface area contributed by atoms with Crippen LogP contribution in [-0.4, -0.2) is 54.9 Å². The molecule has 0 aliphatic carbocycles. The van der Waals surface area contributed by atoms with E-state index in [1.54, 1.807) is 0 Å². The minimum Gasteiger partial charge on any atom is -0.491 e. The first-order chi connectivity index (χ1) is 10.6. The molecule has 5 nitrogen and oxygen atoms in total. The Bertz CT molecular complexity index is 460. The Morgan fingerprint density at radius 2 is 2.09 bits per heavy atom. The molecule has 5 heteroatoms. The number of benzene rings is 1. The fraction of sp³-hybridized carbons (Fsp3) is 0.588. The van der Waals surface area contributed by atoms with Gasteiger partial charge < -0.3 is 19.5 Å². The largest absolute Gasteiger partial charge is 0.491 e. The molecule has 2 rings (SSSR count). The first-order valence-corrected chi connectivity index (χ1v) is 7.89. The smallest absolute Gasteiger partial charge is 0.304 e. The van der Waals surface area contributed by atoms with E-state index in [9.17, 15) is 4.79 Å². The summed E-state index contributed by atoms with van der Waals surface area (Å²) in [5.41, 5.74) is 1.22. The van der Waals surface area contributed by atoms with Crippen LogP contribution in [0.15, 0.2) is 24.3 Å². The Hall–Kier alpha value is -1.59. The van der Waals surface area contributed by atoms with E-state index in [0.29, 0.717) is 19.8 Å². The Kier molecular flexibility index (Phi) is 6.68. The second kappa shape index (κ2) is 8.76. The van der Waals surface area contributed by atoms with Crippen LogP contribution in [0.4, 0.5) is 0 Å². The van der Waals surface area contributed by atoms with Crippen LogP contribution in [0, 0.1) is 6.92 Å². The summed E-state index contributed by atoms with van der Waals surface area (Å²) in [7, 11) is 0. The van der Waals surface area contributed by atoms with Gasteiger partial charge in [-0.15, -0.1) is 0 Å². The van der Waals surface area contributed by atoms with E-state index in [1.165, 1.54) is 5.56 Å². The number of carboxylic acid groups (broad SMARTS) is 1. The van der Waals surface area contributed by atoms with Crippen molar-refractivity contribution in [1.29, 1.82) is 0 Å². The van der Waals surface area contributed by atoms with Gasteiger partial charge in [-0.05, 0) is 38.4 Å². The fourth-order valence-electron chi connectivity index (χ4n) is 2.61. The van der Waals surface area contributed by atoms with Gasteiger partial charge in [0.15, 0.2) is 0 Å². The van der Waals surface area contributed by atoms with Crippen molar-refractivity contribution in [3.8, 4) is 5.75 Å². The number of carbonyl (C=O) groups is 1. The summed E-state index contributed by atoms with van der Waals surface area (Å²) in [5.74, 6) is 0.121. The van der Waals surface area contributed by atoms with E-state index >= 15 is 0 Å². The first-order valence-electron chi connectivity index (χ1n) is 7.89. The van der Waals surface area contributed by atoms with E-state index in [0.717, 1.165) is 31.7 Å². The van der Waals surface area contributed by atoms with E-state index in [-0.39, 0.29) is 12.5 Å². The van der Waals surface area contributed by atoms with Gasteiger partial charge in [0.2, 0.25) is 0 Å². The Balaban J connectivity index is 1.61. The molecule has 1 saturated heterocycles. The molecule has 1 N–H and O–H groups in total. The Morgan fingerprint density at radius 3 is 2.82 bits per heavy atom. The molecule has 1 aromatic rings. The van der Waals surface area contributed by atoms with Crippen molar-refractivity contribution in [2.24, 2.45) is 0 Å². The predicted octanol–water partition coefficient (Wildman–Crippen LogP) is 2.33. The van der Waals surface area contributed by atoms with Crippen LogP contribution in [0.25, 0.3) is 0 Å².